The number of amides is 2. The van der Waals surface area contributed by atoms with Gasteiger partial charge in [-0.15, -0.1) is 0 Å². The summed E-state index contributed by atoms with van der Waals surface area (Å²) >= 11 is 0. The Balaban J connectivity index is 1.63. The molecule has 3 rings (SSSR count). The third kappa shape index (κ3) is 7.05. The maximum Gasteiger partial charge on any atom is 0.407 e. The third-order valence-corrected chi connectivity index (χ3v) is 7.00. The van der Waals surface area contributed by atoms with Gasteiger partial charge in [-0.3, -0.25) is 9.59 Å². The van der Waals surface area contributed by atoms with Crippen molar-refractivity contribution in [3.63, 3.8) is 0 Å². The van der Waals surface area contributed by atoms with Crippen molar-refractivity contribution in [2.45, 2.75) is 31.2 Å². The van der Waals surface area contributed by atoms with Gasteiger partial charge in [0.2, 0.25) is 5.91 Å². The van der Waals surface area contributed by atoms with Gasteiger partial charge in [-0.25, -0.2) is 13.2 Å². The maximum atomic E-state index is 12.8. The third-order valence-electron chi connectivity index (χ3n) is 5.97. The van der Waals surface area contributed by atoms with E-state index in [2.05, 4.69) is 5.32 Å². The number of benzene rings is 2. The van der Waals surface area contributed by atoms with Gasteiger partial charge >= 0.3 is 12.1 Å². The Hall–Kier alpha value is -3.40. The fraction of sp³-hybridized carbons (Fsp3) is 0.400. The number of alkyl carbamates (subject to hydrolysis) is 1. The van der Waals surface area contributed by atoms with E-state index in [9.17, 15) is 22.8 Å². The first-order chi connectivity index (χ1) is 16.6. The van der Waals surface area contributed by atoms with E-state index >= 15 is 0 Å². The van der Waals surface area contributed by atoms with Crippen LogP contribution < -0.4 is 5.32 Å². The number of carbonyl (C=O) groups is 3. The summed E-state index contributed by atoms with van der Waals surface area (Å²) in [6, 6.07) is 14.7. The summed E-state index contributed by atoms with van der Waals surface area (Å²) in [4.78, 5) is 37.8. The molecule has 35 heavy (non-hydrogen) atoms. The normalized spacial score (nSPS) is 13.4. The molecule has 0 saturated heterocycles. The van der Waals surface area contributed by atoms with E-state index in [4.69, 9.17) is 9.84 Å². The lowest BCUT2D eigenvalue weighted by Crippen LogP contribution is -2.48. The van der Waals surface area contributed by atoms with Gasteiger partial charge in [0, 0.05) is 32.2 Å². The monoisotopic (exact) mass is 502 g/mol. The molecule has 0 aliphatic heterocycles. The molecule has 1 aliphatic rings. The lowest BCUT2D eigenvalue weighted by Gasteiger charge is -2.24. The number of carboxylic acid groups (broad SMARTS) is 1. The molecule has 0 bridgehead atoms. The molecule has 2 N–H and O–H groups in total. The van der Waals surface area contributed by atoms with Gasteiger partial charge in [0.25, 0.3) is 0 Å². The molecule has 188 valence electrons. The summed E-state index contributed by atoms with van der Waals surface area (Å²) in [5, 5.41) is 11.5. The first kappa shape index (κ1) is 26.2. The number of nitrogens with zero attached hydrogens (tertiary/aromatic N) is 1. The van der Waals surface area contributed by atoms with Crippen LogP contribution in [0.1, 0.15) is 36.3 Å². The Bertz CT molecular complexity index is 1150. The second-order valence-electron chi connectivity index (χ2n) is 8.70. The standard InChI is InChI=1S/C25H30N2O7S/c1-27(14-7-15-35(2,32)33)24(30)22(12-13-23(28)29)26-25(31)34-16-21-19-10-5-3-8-17(19)18-9-4-6-11-20(18)21/h3-6,8-11,21-22H,7,12-16H2,1-2H3,(H,26,31)(H,28,29). The van der Waals surface area contributed by atoms with E-state index < -0.39 is 33.8 Å². The summed E-state index contributed by atoms with van der Waals surface area (Å²) in [5.41, 5.74) is 4.26. The highest BCUT2D eigenvalue weighted by molar-refractivity contribution is 7.90. The quantitative estimate of drug-likeness (QED) is 0.483. The van der Waals surface area contributed by atoms with Gasteiger partial charge in [0.05, 0.1) is 5.75 Å². The Morgan fingerprint density at radius 2 is 1.63 bits per heavy atom. The smallest absolute Gasteiger partial charge is 0.407 e. The van der Waals surface area contributed by atoms with E-state index in [1.807, 2.05) is 48.5 Å². The lowest BCUT2D eigenvalue weighted by molar-refractivity contribution is -0.137. The Morgan fingerprint density at radius 1 is 1.06 bits per heavy atom. The van der Waals surface area contributed by atoms with Crippen LogP contribution in [0.5, 0.6) is 0 Å². The molecular formula is C25H30N2O7S. The zero-order chi connectivity index (χ0) is 25.6. The van der Waals surface area contributed by atoms with Crippen LogP contribution in [0.25, 0.3) is 11.1 Å². The molecule has 1 unspecified atom stereocenters. The second kappa shape index (κ2) is 11.4. The van der Waals surface area contributed by atoms with E-state index in [0.717, 1.165) is 28.5 Å². The number of carboxylic acids is 1. The van der Waals surface area contributed by atoms with Crippen LogP contribution in [-0.4, -0.2) is 74.6 Å². The summed E-state index contributed by atoms with van der Waals surface area (Å²) in [7, 11) is -1.69. The lowest BCUT2D eigenvalue weighted by atomic mass is 9.98. The predicted molar refractivity (Wildman–Crippen MR) is 131 cm³/mol. The first-order valence-electron chi connectivity index (χ1n) is 11.3. The fourth-order valence-electron chi connectivity index (χ4n) is 4.25. The number of fused-ring (bicyclic) bond motifs is 3. The summed E-state index contributed by atoms with van der Waals surface area (Å²) < 4.78 is 28.1. The Morgan fingerprint density at radius 3 is 2.17 bits per heavy atom. The highest BCUT2D eigenvalue weighted by Gasteiger charge is 2.30. The molecule has 9 nitrogen and oxygen atoms in total. The average molecular weight is 503 g/mol. The van der Waals surface area contributed by atoms with Crippen LogP contribution in [0.15, 0.2) is 48.5 Å². The van der Waals surface area contributed by atoms with Crippen molar-refractivity contribution in [1.82, 2.24) is 10.2 Å². The van der Waals surface area contributed by atoms with Crippen LogP contribution in [-0.2, 0) is 24.2 Å². The van der Waals surface area contributed by atoms with E-state index in [1.165, 1.54) is 11.9 Å². The SMILES string of the molecule is CN(CCCS(C)(=O)=O)C(=O)C(CCC(=O)O)NC(=O)OCC1c2ccccc2-c2ccccc21. The van der Waals surface area contributed by atoms with Gasteiger partial charge in [-0.2, -0.15) is 0 Å². The Labute approximate surface area is 205 Å². The highest BCUT2D eigenvalue weighted by Crippen LogP contribution is 2.44. The number of carbonyl (C=O) groups excluding carboxylic acids is 2. The average Bonchev–Trinajstić information content (AvgIpc) is 3.12. The molecule has 0 heterocycles. The molecule has 2 amide bonds. The minimum absolute atomic E-state index is 0.0594. The molecule has 0 fully saturated rings. The minimum atomic E-state index is -3.17. The van der Waals surface area contributed by atoms with Crippen LogP contribution in [0.4, 0.5) is 4.79 Å². The van der Waals surface area contributed by atoms with E-state index in [-0.39, 0.29) is 44.1 Å². The number of likely N-dealkylation sites (N-methyl/N-ethyl adjacent to an activating group) is 1. The van der Waals surface area contributed by atoms with Gasteiger partial charge in [-0.05, 0) is 35.1 Å². The van der Waals surface area contributed by atoms with Crippen molar-refractivity contribution in [3.8, 4) is 11.1 Å². The number of ether oxygens (including phenoxy) is 1. The minimum Gasteiger partial charge on any atom is -0.481 e. The summed E-state index contributed by atoms with van der Waals surface area (Å²) in [6.07, 6.45) is 0.0903. The van der Waals surface area contributed by atoms with E-state index in [0.29, 0.717) is 0 Å². The fourth-order valence-corrected chi connectivity index (χ4v) is 4.90. The molecule has 10 heteroatoms. The topological polar surface area (TPSA) is 130 Å². The van der Waals surface area contributed by atoms with E-state index in [1.54, 1.807) is 0 Å². The molecule has 1 atom stereocenters. The van der Waals surface area contributed by atoms with Gasteiger partial charge in [0.1, 0.15) is 22.5 Å². The first-order valence-corrected chi connectivity index (χ1v) is 13.4. The molecule has 2 aromatic carbocycles. The number of hydrogen-bond acceptors (Lipinski definition) is 6. The predicted octanol–water partition coefficient (Wildman–Crippen LogP) is 2.65. The molecule has 0 spiro atoms. The molecule has 2 aromatic rings. The summed E-state index contributed by atoms with van der Waals surface area (Å²) in [5.74, 6) is -1.84. The number of aliphatic carboxylic acids is 1. The largest absolute Gasteiger partial charge is 0.481 e. The number of rotatable bonds is 11. The van der Waals surface area contributed by atoms with Crippen molar-refractivity contribution in [2.75, 3.05) is 32.2 Å². The van der Waals surface area contributed by atoms with Crippen molar-refractivity contribution < 1.29 is 32.6 Å². The maximum absolute atomic E-state index is 12.8. The second-order valence-corrected chi connectivity index (χ2v) is 11.0. The number of nitrogens with one attached hydrogen (secondary N) is 1. The van der Waals surface area contributed by atoms with Gasteiger partial charge in [-0.1, -0.05) is 48.5 Å². The zero-order valence-electron chi connectivity index (χ0n) is 19.8. The Kier molecular flexibility index (Phi) is 8.50. The molecular weight excluding hydrogens is 472 g/mol. The highest BCUT2D eigenvalue weighted by atomic mass is 32.2. The molecule has 0 radical (unpaired) electrons. The van der Waals surface area contributed by atoms with Crippen LogP contribution in [0.3, 0.4) is 0 Å². The van der Waals surface area contributed by atoms with Crippen LogP contribution in [0, 0.1) is 0 Å². The van der Waals surface area contributed by atoms with Crippen LogP contribution in [0.2, 0.25) is 0 Å². The van der Waals surface area contributed by atoms with Crippen molar-refractivity contribution in [3.05, 3.63) is 59.7 Å². The molecule has 0 saturated carbocycles. The van der Waals surface area contributed by atoms with Gasteiger partial charge in [0.15, 0.2) is 0 Å². The molecule has 1 aliphatic carbocycles. The number of sulfone groups is 1. The van der Waals surface area contributed by atoms with Crippen molar-refractivity contribution in [1.29, 1.82) is 0 Å². The van der Waals surface area contributed by atoms with Gasteiger partial charge < -0.3 is 20.1 Å². The van der Waals surface area contributed by atoms with Crippen molar-refractivity contribution in [2.24, 2.45) is 0 Å². The molecule has 0 aromatic heterocycles. The van der Waals surface area contributed by atoms with Crippen LogP contribution >= 0.6 is 0 Å². The summed E-state index contributed by atoms with van der Waals surface area (Å²) in [6.45, 7) is 0.214. The number of hydrogen-bond donors (Lipinski definition) is 2. The van der Waals surface area contributed by atoms with Crippen molar-refractivity contribution >= 4 is 27.8 Å². The zero-order valence-corrected chi connectivity index (χ0v) is 20.6.